The van der Waals surface area contributed by atoms with Crippen LogP contribution in [0.4, 0.5) is 0 Å². The van der Waals surface area contributed by atoms with Crippen LogP contribution in [0, 0.1) is 3.57 Å². The molecule has 0 aliphatic carbocycles. The molecule has 5 rings (SSSR count). The van der Waals surface area contributed by atoms with E-state index >= 15 is 0 Å². The van der Waals surface area contributed by atoms with Crippen LogP contribution < -0.4 is 33.8 Å². The lowest BCUT2D eigenvalue weighted by atomic mass is 9.97. The summed E-state index contributed by atoms with van der Waals surface area (Å²) in [5.74, 6) is 1.67. The van der Waals surface area contributed by atoms with Crippen LogP contribution in [0.2, 0.25) is 0 Å². The van der Waals surface area contributed by atoms with Crippen LogP contribution in [-0.2, 0) is 16.1 Å². The van der Waals surface area contributed by atoms with Gasteiger partial charge in [0.1, 0.15) is 6.61 Å². The highest BCUT2D eigenvalue weighted by atomic mass is 127. The topological polar surface area (TPSA) is 97.6 Å². The molecule has 12 heteroatoms. The Morgan fingerprint density at radius 2 is 1.73 bits per heavy atom. The molecule has 45 heavy (non-hydrogen) atoms. The van der Waals surface area contributed by atoms with Gasteiger partial charge in [0.25, 0.3) is 5.56 Å². The van der Waals surface area contributed by atoms with Gasteiger partial charge in [0.05, 0.1) is 47.2 Å². The van der Waals surface area contributed by atoms with Crippen molar-refractivity contribution in [2.45, 2.75) is 26.5 Å². The fraction of sp³-hybridized carbons (Fsp3) is 0.242. The van der Waals surface area contributed by atoms with Crippen molar-refractivity contribution < 1.29 is 28.5 Å². The van der Waals surface area contributed by atoms with Gasteiger partial charge in [-0.1, -0.05) is 45.5 Å². The summed E-state index contributed by atoms with van der Waals surface area (Å²) in [4.78, 5) is 31.8. The molecule has 1 aliphatic rings. The van der Waals surface area contributed by atoms with Crippen LogP contribution in [0.5, 0.6) is 23.0 Å². The van der Waals surface area contributed by atoms with E-state index in [1.54, 1.807) is 25.3 Å². The molecule has 1 aliphatic heterocycles. The Labute approximate surface area is 286 Å². The van der Waals surface area contributed by atoms with Crippen LogP contribution in [0.25, 0.3) is 6.08 Å². The quantitative estimate of drug-likeness (QED) is 0.140. The summed E-state index contributed by atoms with van der Waals surface area (Å²) in [5.41, 5.74) is 2.36. The van der Waals surface area contributed by atoms with E-state index in [4.69, 9.17) is 23.7 Å². The average molecular weight is 805 g/mol. The number of halogens is 2. The Bertz CT molecular complexity index is 1940. The number of rotatable bonds is 11. The molecule has 0 saturated heterocycles. The number of carbonyl (C=O) groups is 1. The van der Waals surface area contributed by atoms with Gasteiger partial charge in [-0.2, -0.15) is 0 Å². The minimum absolute atomic E-state index is 0.228. The van der Waals surface area contributed by atoms with Crippen molar-refractivity contribution in [1.82, 2.24) is 4.57 Å². The van der Waals surface area contributed by atoms with Gasteiger partial charge in [-0.3, -0.25) is 9.36 Å². The van der Waals surface area contributed by atoms with E-state index in [9.17, 15) is 9.59 Å². The number of carbonyl (C=O) groups excluding carboxylic acids is 1. The zero-order chi connectivity index (χ0) is 32.1. The SMILES string of the molecule is CCOc1ccc([C@@H]2C(C(=O)OC)=CN=c3s/c(=C\c4cc(I)c(OCc5ccc(Br)cc5)c(OC)c4)c(=O)n32)cc1OCC. The maximum atomic E-state index is 14.0. The van der Waals surface area contributed by atoms with Crippen molar-refractivity contribution in [3.63, 3.8) is 0 Å². The lowest BCUT2D eigenvalue weighted by Gasteiger charge is -2.23. The van der Waals surface area contributed by atoms with E-state index in [1.165, 1.54) is 29.2 Å². The molecule has 0 amide bonds. The first-order chi connectivity index (χ1) is 21.8. The van der Waals surface area contributed by atoms with Gasteiger partial charge in [0, 0.05) is 10.7 Å². The van der Waals surface area contributed by atoms with E-state index in [2.05, 4.69) is 43.5 Å². The van der Waals surface area contributed by atoms with E-state index in [1.807, 2.05) is 56.3 Å². The van der Waals surface area contributed by atoms with Crippen molar-refractivity contribution >= 4 is 61.9 Å². The van der Waals surface area contributed by atoms with Crippen LogP contribution in [-0.4, -0.2) is 38.0 Å². The number of ether oxygens (including phenoxy) is 5. The van der Waals surface area contributed by atoms with Gasteiger partial charge in [0.15, 0.2) is 27.8 Å². The molecule has 2 heterocycles. The molecule has 0 unspecified atom stereocenters. The maximum Gasteiger partial charge on any atom is 0.337 e. The molecule has 3 aromatic carbocycles. The molecule has 1 atom stereocenters. The largest absolute Gasteiger partial charge is 0.493 e. The second kappa shape index (κ2) is 14.6. The highest BCUT2D eigenvalue weighted by molar-refractivity contribution is 14.1. The van der Waals surface area contributed by atoms with Crippen LogP contribution >= 0.6 is 49.9 Å². The normalized spacial score (nSPS) is 14.2. The third kappa shape index (κ3) is 7.12. The van der Waals surface area contributed by atoms with E-state index in [0.717, 1.165) is 19.2 Å². The smallest absolute Gasteiger partial charge is 0.337 e. The fourth-order valence-electron chi connectivity index (χ4n) is 4.84. The van der Waals surface area contributed by atoms with Crippen molar-refractivity contribution in [2.75, 3.05) is 27.4 Å². The predicted molar refractivity (Wildman–Crippen MR) is 184 cm³/mol. The number of fused-ring (bicyclic) bond motifs is 1. The van der Waals surface area contributed by atoms with E-state index in [-0.39, 0.29) is 11.1 Å². The molecule has 0 saturated carbocycles. The summed E-state index contributed by atoms with van der Waals surface area (Å²) in [6.45, 7) is 5.02. The van der Waals surface area contributed by atoms with Gasteiger partial charge in [-0.15, -0.1) is 0 Å². The molecular weight excluding hydrogens is 775 g/mol. The summed E-state index contributed by atoms with van der Waals surface area (Å²) >= 11 is 6.88. The Morgan fingerprint density at radius 3 is 2.42 bits per heavy atom. The molecular formula is C33H30BrIN2O7S. The zero-order valence-corrected chi connectivity index (χ0v) is 29.5. The van der Waals surface area contributed by atoms with Gasteiger partial charge in [-0.05, 0) is 95.6 Å². The maximum absolute atomic E-state index is 14.0. The Kier molecular flexibility index (Phi) is 10.7. The minimum atomic E-state index is -0.783. The lowest BCUT2D eigenvalue weighted by molar-refractivity contribution is -0.136. The molecule has 0 bridgehead atoms. The molecule has 0 N–H and O–H groups in total. The summed E-state index contributed by atoms with van der Waals surface area (Å²) in [6, 6.07) is 16.3. The summed E-state index contributed by atoms with van der Waals surface area (Å²) in [7, 11) is 2.88. The highest BCUT2D eigenvalue weighted by Crippen LogP contribution is 2.36. The molecule has 0 radical (unpaired) electrons. The van der Waals surface area contributed by atoms with Gasteiger partial charge in [0.2, 0.25) is 0 Å². The Morgan fingerprint density at radius 1 is 1.00 bits per heavy atom. The average Bonchev–Trinajstić information content (AvgIpc) is 3.35. The third-order valence-electron chi connectivity index (χ3n) is 6.85. The zero-order valence-electron chi connectivity index (χ0n) is 25.0. The molecule has 0 fully saturated rings. The van der Waals surface area contributed by atoms with Crippen molar-refractivity contribution in [3.8, 4) is 23.0 Å². The summed E-state index contributed by atoms with van der Waals surface area (Å²) in [5, 5.41) is 0. The fourth-order valence-corrected chi connectivity index (χ4v) is 6.85. The molecule has 0 spiro atoms. The second-order valence-electron chi connectivity index (χ2n) is 9.70. The second-order valence-corrected chi connectivity index (χ2v) is 12.8. The monoisotopic (exact) mass is 804 g/mol. The Balaban J connectivity index is 1.56. The number of methoxy groups -OCH3 is 2. The number of aromatic nitrogens is 1. The lowest BCUT2D eigenvalue weighted by Crippen LogP contribution is -2.39. The predicted octanol–water partition coefficient (Wildman–Crippen LogP) is 5.77. The van der Waals surface area contributed by atoms with E-state index in [0.29, 0.717) is 57.7 Å². The molecule has 9 nitrogen and oxygen atoms in total. The van der Waals surface area contributed by atoms with Crippen LogP contribution in [0.3, 0.4) is 0 Å². The molecule has 1 aromatic heterocycles. The van der Waals surface area contributed by atoms with Crippen molar-refractivity contribution in [3.05, 3.63) is 111 Å². The number of hydrogen-bond acceptors (Lipinski definition) is 9. The number of esters is 1. The Hall–Kier alpha value is -3.62. The summed E-state index contributed by atoms with van der Waals surface area (Å²) in [6.07, 6.45) is 3.25. The number of benzene rings is 3. The molecule has 4 aromatic rings. The van der Waals surface area contributed by atoms with Crippen molar-refractivity contribution in [1.29, 1.82) is 0 Å². The van der Waals surface area contributed by atoms with E-state index < -0.39 is 12.0 Å². The first-order valence-electron chi connectivity index (χ1n) is 14.0. The third-order valence-corrected chi connectivity index (χ3v) is 9.18. The van der Waals surface area contributed by atoms with Crippen LogP contribution in [0.1, 0.15) is 36.6 Å². The van der Waals surface area contributed by atoms with Crippen molar-refractivity contribution in [2.24, 2.45) is 4.99 Å². The first-order valence-corrected chi connectivity index (χ1v) is 16.7. The highest BCUT2D eigenvalue weighted by Gasteiger charge is 2.31. The minimum Gasteiger partial charge on any atom is -0.493 e. The molecule has 234 valence electrons. The van der Waals surface area contributed by atoms with Gasteiger partial charge >= 0.3 is 5.97 Å². The number of hydrogen-bond donors (Lipinski definition) is 0. The van der Waals surface area contributed by atoms with Gasteiger partial charge in [-0.25, -0.2) is 9.79 Å². The van der Waals surface area contributed by atoms with Gasteiger partial charge < -0.3 is 23.7 Å². The number of nitrogens with zero attached hydrogens (tertiary/aromatic N) is 2. The standard InChI is InChI=1S/C33H30BrIN2O7S/c1-5-42-25-12-9-21(16-26(25)43-6-2)29-23(32(39)41-4)17-36-33-37(29)31(38)28(45-33)15-20-13-24(35)30(27(14-20)40-3)44-18-19-7-10-22(34)11-8-19/h7-17,29H,5-6,18H2,1-4H3/b28-15-/t29-/m1/s1. The summed E-state index contributed by atoms with van der Waals surface area (Å²) < 4.78 is 32.2. The first kappa shape index (κ1) is 32.8. The van der Waals surface area contributed by atoms with Crippen LogP contribution in [0.15, 0.2) is 80.6 Å². The number of thiazole rings is 1.